The number of hydrogen-bond acceptors (Lipinski definition) is 6. The van der Waals surface area contributed by atoms with E-state index in [-0.39, 0.29) is 11.2 Å². The second kappa shape index (κ2) is 4.14. The number of aromatic amines is 3. The van der Waals surface area contributed by atoms with Gasteiger partial charge in [-0.05, 0) is 6.92 Å². The lowest BCUT2D eigenvalue weighted by Gasteiger charge is -1.89. The standard InChI is InChI=1S/C10H10N6O2S/c1-3-6(19-4(2-11)12-3)8-13-5-7(14-8)15-10(18)16-9(5)17/h2,11H2,1H3,(H3,13,14,15,16,17,18). The van der Waals surface area contributed by atoms with Gasteiger partial charge in [0.15, 0.2) is 11.5 Å². The Morgan fingerprint density at radius 2 is 2.00 bits per heavy atom. The van der Waals surface area contributed by atoms with E-state index in [0.717, 1.165) is 15.6 Å². The number of aryl methyl sites for hydroxylation is 1. The Morgan fingerprint density at radius 1 is 1.21 bits per heavy atom. The highest BCUT2D eigenvalue weighted by molar-refractivity contribution is 7.15. The van der Waals surface area contributed by atoms with E-state index in [9.17, 15) is 9.59 Å². The summed E-state index contributed by atoms with van der Waals surface area (Å²) in [5.74, 6) is 0.497. The van der Waals surface area contributed by atoms with E-state index in [1.807, 2.05) is 6.92 Å². The van der Waals surface area contributed by atoms with Crippen LogP contribution in [0.3, 0.4) is 0 Å². The average molecular weight is 278 g/mol. The summed E-state index contributed by atoms with van der Waals surface area (Å²) in [5.41, 5.74) is 5.70. The van der Waals surface area contributed by atoms with Crippen LogP contribution in [0.4, 0.5) is 0 Å². The zero-order valence-electron chi connectivity index (χ0n) is 9.90. The van der Waals surface area contributed by atoms with Crippen LogP contribution in [0, 0.1) is 6.92 Å². The van der Waals surface area contributed by atoms with Gasteiger partial charge in [-0.25, -0.2) is 14.8 Å². The zero-order chi connectivity index (χ0) is 13.6. The van der Waals surface area contributed by atoms with E-state index in [1.165, 1.54) is 11.3 Å². The minimum Gasteiger partial charge on any atom is -0.331 e. The van der Waals surface area contributed by atoms with E-state index < -0.39 is 11.2 Å². The van der Waals surface area contributed by atoms with Gasteiger partial charge in [-0.3, -0.25) is 14.8 Å². The highest BCUT2D eigenvalue weighted by Crippen LogP contribution is 2.28. The first-order valence-corrected chi connectivity index (χ1v) is 6.29. The Hall–Kier alpha value is -2.26. The number of imidazole rings is 1. The number of rotatable bonds is 2. The predicted molar refractivity (Wildman–Crippen MR) is 71.1 cm³/mol. The van der Waals surface area contributed by atoms with Crippen LogP contribution in [-0.4, -0.2) is 24.9 Å². The number of aromatic nitrogens is 5. The van der Waals surface area contributed by atoms with Crippen molar-refractivity contribution < 1.29 is 0 Å². The fourth-order valence-electron chi connectivity index (χ4n) is 1.80. The van der Waals surface area contributed by atoms with Gasteiger partial charge in [0.1, 0.15) is 10.5 Å². The third-order valence-electron chi connectivity index (χ3n) is 2.62. The van der Waals surface area contributed by atoms with Crippen molar-refractivity contribution in [2.75, 3.05) is 0 Å². The summed E-state index contributed by atoms with van der Waals surface area (Å²) < 4.78 is 0. The molecule has 3 heterocycles. The average Bonchev–Trinajstić information content (AvgIpc) is 2.92. The van der Waals surface area contributed by atoms with Gasteiger partial charge in [0.05, 0.1) is 10.6 Å². The molecule has 0 saturated heterocycles. The Balaban J connectivity index is 2.26. The van der Waals surface area contributed by atoms with E-state index in [2.05, 4.69) is 24.9 Å². The van der Waals surface area contributed by atoms with Crippen molar-refractivity contribution in [3.8, 4) is 10.7 Å². The normalized spacial score (nSPS) is 11.3. The molecule has 0 unspecified atom stereocenters. The number of nitrogens with one attached hydrogen (secondary N) is 3. The molecule has 3 aromatic rings. The van der Waals surface area contributed by atoms with Gasteiger partial charge in [0.2, 0.25) is 0 Å². The van der Waals surface area contributed by atoms with Crippen molar-refractivity contribution >= 4 is 22.5 Å². The minimum absolute atomic E-state index is 0.228. The third kappa shape index (κ3) is 1.88. The highest BCUT2D eigenvalue weighted by Gasteiger charge is 2.14. The van der Waals surface area contributed by atoms with Gasteiger partial charge >= 0.3 is 5.69 Å². The van der Waals surface area contributed by atoms with Crippen molar-refractivity contribution in [1.29, 1.82) is 0 Å². The van der Waals surface area contributed by atoms with E-state index in [1.54, 1.807) is 0 Å². The van der Waals surface area contributed by atoms with Crippen molar-refractivity contribution in [1.82, 2.24) is 24.9 Å². The monoisotopic (exact) mass is 278 g/mol. The van der Waals surface area contributed by atoms with Crippen molar-refractivity contribution in [3.63, 3.8) is 0 Å². The predicted octanol–water partition coefficient (Wildman–Crippen LogP) is -0.170. The Morgan fingerprint density at radius 3 is 2.68 bits per heavy atom. The smallest absolute Gasteiger partial charge is 0.327 e. The molecule has 0 aliphatic carbocycles. The van der Waals surface area contributed by atoms with Crippen LogP contribution in [-0.2, 0) is 6.54 Å². The lowest BCUT2D eigenvalue weighted by molar-refractivity contribution is 1.02. The number of H-pyrrole nitrogens is 3. The molecule has 0 aromatic carbocycles. The largest absolute Gasteiger partial charge is 0.331 e. The molecule has 0 atom stereocenters. The molecule has 98 valence electrons. The molecule has 0 aliphatic heterocycles. The van der Waals surface area contributed by atoms with Gasteiger partial charge in [-0.1, -0.05) is 0 Å². The number of hydrogen-bond donors (Lipinski definition) is 4. The summed E-state index contributed by atoms with van der Waals surface area (Å²) in [5, 5.41) is 0.787. The first kappa shape index (κ1) is 11.8. The molecular weight excluding hydrogens is 268 g/mol. The molecule has 19 heavy (non-hydrogen) atoms. The van der Waals surface area contributed by atoms with Gasteiger partial charge in [-0.2, -0.15) is 0 Å². The summed E-state index contributed by atoms with van der Waals surface area (Å²) in [6.07, 6.45) is 0. The van der Waals surface area contributed by atoms with Crippen LogP contribution >= 0.6 is 11.3 Å². The molecule has 9 heteroatoms. The SMILES string of the molecule is Cc1nc(CN)sc1-c1nc2[nH]c(=O)[nH]c(=O)c2[nH]1. The molecule has 0 radical (unpaired) electrons. The Bertz CT molecular complexity index is 870. The van der Waals surface area contributed by atoms with Crippen molar-refractivity contribution in [2.24, 2.45) is 5.73 Å². The van der Waals surface area contributed by atoms with Crippen LogP contribution in [0.2, 0.25) is 0 Å². The Kier molecular flexibility index (Phi) is 2.57. The van der Waals surface area contributed by atoms with E-state index >= 15 is 0 Å². The molecule has 0 amide bonds. The first-order chi connectivity index (χ1) is 9.08. The van der Waals surface area contributed by atoms with Gasteiger partial charge < -0.3 is 10.7 Å². The van der Waals surface area contributed by atoms with Crippen LogP contribution in [0.15, 0.2) is 9.59 Å². The molecule has 0 bridgehead atoms. The van der Waals surface area contributed by atoms with E-state index in [0.29, 0.717) is 12.4 Å². The van der Waals surface area contributed by atoms with Gasteiger partial charge in [0, 0.05) is 6.54 Å². The van der Waals surface area contributed by atoms with Crippen LogP contribution in [0.25, 0.3) is 21.9 Å². The van der Waals surface area contributed by atoms with Gasteiger partial charge in [-0.15, -0.1) is 11.3 Å². The Labute approximate surface area is 109 Å². The lowest BCUT2D eigenvalue weighted by Crippen LogP contribution is -2.21. The maximum atomic E-state index is 11.6. The number of fused-ring (bicyclic) bond motifs is 1. The summed E-state index contributed by atoms with van der Waals surface area (Å²) in [6, 6.07) is 0. The quantitative estimate of drug-likeness (QED) is 0.516. The lowest BCUT2D eigenvalue weighted by atomic mass is 10.4. The molecule has 0 saturated carbocycles. The maximum Gasteiger partial charge on any atom is 0.327 e. The van der Waals surface area contributed by atoms with Crippen LogP contribution in [0.5, 0.6) is 0 Å². The molecular formula is C10H10N6O2S. The van der Waals surface area contributed by atoms with Crippen molar-refractivity contribution in [3.05, 3.63) is 31.5 Å². The number of thiazole rings is 1. The second-order valence-corrected chi connectivity index (χ2v) is 5.03. The topological polar surface area (TPSA) is 133 Å². The molecule has 3 aromatic heterocycles. The summed E-state index contributed by atoms with van der Waals surface area (Å²) in [7, 11) is 0. The van der Waals surface area contributed by atoms with E-state index in [4.69, 9.17) is 5.73 Å². The minimum atomic E-state index is -0.584. The highest BCUT2D eigenvalue weighted by atomic mass is 32.1. The van der Waals surface area contributed by atoms with Crippen LogP contribution < -0.4 is 17.0 Å². The maximum absolute atomic E-state index is 11.6. The fraction of sp³-hybridized carbons (Fsp3) is 0.200. The molecule has 5 N–H and O–H groups in total. The fourth-order valence-corrected chi connectivity index (χ4v) is 2.69. The summed E-state index contributed by atoms with van der Waals surface area (Å²) in [6.45, 7) is 2.19. The summed E-state index contributed by atoms with van der Waals surface area (Å²) >= 11 is 1.40. The molecule has 3 rings (SSSR count). The number of nitrogens with zero attached hydrogens (tertiary/aromatic N) is 2. The van der Waals surface area contributed by atoms with Crippen molar-refractivity contribution in [2.45, 2.75) is 13.5 Å². The third-order valence-corrected chi connectivity index (χ3v) is 3.81. The molecule has 0 fully saturated rings. The van der Waals surface area contributed by atoms with Crippen LogP contribution in [0.1, 0.15) is 10.7 Å². The molecule has 0 aliphatic rings. The zero-order valence-corrected chi connectivity index (χ0v) is 10.7. The summed E-state index contributed by atoms with van der Waals surface area (Å²) in [4.78, 5) is 39.6. The molecule has 8 nitrogen and oxygen atoms in total. The first-order valence-electron chi connectivity index (χ1n) is 5.47. The second-order valence-electron chi connectivity index (χ2n) is 3.94. The number of nitrogens with two attached hydrogens (primary N) is 1. The molecule has 0 spiro atoms. The van der Waals surface area contributed by atoms with Gasteiger partial charge in [0.25, 0.3) is 5.56 Å².